The molecule has 8 nitrogen and oxygen atoms in total. The zero-order valence-corrected chi connectivity index (χ0v) is 15.4. The summed E-state index contributed by atoms with van der Waals surface area (Å²) in [5.41, 5.74) is 0.265. The summed E-state index contributed by atoms with van der Waals surface area (Å²) in [6.45, 7) is 4.67. The predicted molar refractivity (Wildman–Crippen MR) is 91.8 cm³/mol. The largest absolute Gasteiger partial charge is 0.281 e. The van der Waals surface area contributed by atoms with E-state index in [2.05, 4.69) is 14.7 Å². The van der Waals surface area contributed by atoms with Gasteiger partial charge in [-0.15, -0.1) is 0 Å². The number of aromatic nitrogens is 2. The predicted octanol–water partition coefficient (Wildman–Crippen LogP) is 1.79. The third-order valence-electron chi connectivity index (χ3n) is 3.24. The number of sulfonamides is 2. The van der Waals surface area contributed by atoms with Crippen molar-refractivity contribution in [3.63, 3.8) is 0 Å². The Kier molecular flexibility index (Phi) is 5.28. The van der Waals surface area contributed by atoms with Crippen LogP contribution in [0, 0.1) is 19.7 Å². The molecule has 0 aliphatic rings. The number of hydrogen-bond acceptors (Lipinski definition) is 6. The summed E-state index contributed by atoms with van der Waals surface area (Å²) in [5, 5.41) is 0. The van der Waals surface area contributed by atoms with Crippen LogP contribution in [0.15, 0.2) is 29.3 Å². The monoisotopic (exact) mass is 388 g/mol. The molecule has 136 valence electrons. The molecule has 25 heavy (non-hydrogen) atoms. The number of nitrogens with one attached hydrogen (secondary N) is 2. The lowest BCUT2D eigenvalue weighted by molar-refractivity contribution is 0.595. The minimum Gasteiger partial charge on any atom is -0.281 e. The van der Waals surface area contributed by atoms with Crippen LogP contribution >= 0.6 is 0 Å². The van der Waals surface area contributed by atoms with E-state index < -0.39 is 25.9 Å². The minimum atomic E-state index is -4.08. The van der Waals surface area contributed by atoms with E-state index in [4.69, 9.17) is 0 Å². The van der Waals surface area contributed by atoms with Crippen LogP contribution in [-0.4, -0.2) is 32.6 Å². The minimum absolute atomic E-state index is 0.168. The molecule has 0 saturated carbocycles. The molecule has 0 saturated heterocycles. The Morgan fingerprint density at radius 2 is 1.76 bits per heavy atom. The van der Waals surface area contributed by atoms with E-state index in [0.29, 0.717) is 11.5 Å². The molecule has 2 rings (SSSR count). The van der Waals surface area contributed by atoms with Crippen LogP contribution in [0.1, 0.15) is 18.4 Å². The second-order valence-electron chi connectivity index (χ2n) is 5.17. The Balaban J connectivity index is 2.32. The molecule has 1 heterocycles. The van der Waals surface area contributed by atoms with Gasteiger partial charge >= 0.3 is 0 Å². The lowest BCUT2D eigenvalue weighted by Crippen LogP contribution is -2.17. The zero-order valence-electron chi connectivity index (χ0n) is 13.7. The van der Waals surface area contributed by atoms with Gasteiger partial charge in [-0.1, -0.05) is 0 Å². The second kappa shape index (κ2) is 6.92. The van der Waals surface area contributed by atoms with Gasteiger partial charge in [-0.25, -0.2) is 31.2 Å². The molecule has 1 aromatic carbocycles. The van der Waals surface area contributed by atoms with Gasteiger partial charge in [0.25, 0.3) is 10.0 Å². The van der Waals surface area contributed by atoms with Crippen molar-refractivity contribution in [2.75, 3.05) is 15.2 Å². The van der Waals surface area contributed by atoms with Gasteiger partial charge in [-0.05, 0) is 39.0 Å². The van der Waals surface area contributed by atoms with E-state index in [9.17, 15) is 21.2 Å². The van der Waals surface area contributed by atoms with Gasteiger partial charge in [0.2, 0.25) is 10.0 Å². The Labute approximate surface area is 145 Å². The molecule has 0 aliphatic carbocycles. The van der Waals surface area contributed by atoms with E-state index in [1.54, 1.807) is 13.8 Å². The first-order valence-corrected chi connectivity index (χ1v) is 10.3. The lowest BCUT2D eigenvalue weighted by atomic mass is 10.3. The van der Waals surface area contributed by atoms with Crippen LogP contribution in [0.5, 0.6) is 0 Å². The molecule has 11 heteroatoms. The van der Waals surface area contributed by atoms with Crippen molar-refractivity contribution in [1.82, 2.24) is 9.97 Å². The van der Waals surface area contributed by atoms with Gasteiger partial charge in [0.1, 0.15) is 11.6 Å². The first-order chi connectivity index (χ1) is 11.5. The van der Waals surface area contributed by atoms with E-state index >= 15 is 0 Å². The Morgan fingerprint density at radius 3 is 2.32 bits per heavy atom. The van der Waals surface area contributed by atoms with Gasteiger partial charge in [-0.3, -0.25) is 9.44 Å². The maximum atomic E-state index is 14.1. The third-order valence-corrected chi connectivity index (χ3v) is 5.89. The highest BCUT2D eigenvalue weighted by atomic mass is 32.2. The highest BCUT2D eigenvalue weighted by Crippen LogP contribution is 2.23. The summed E-state index contributed by atoms with van der Waals surface area (Å²) in [5.74, 6) is -0.753. The summed E-state index contributed by atoms with van der Waals surface area (Å²) >= 11 is 0. The fourth-order valence-corrected chi connectivity index (χ4v) is 3.63. The summed E-state index contributed by atoms with van der Waals surface area (Å²) in [4.78, 5) is 7.60. The van der Waals surface area contributed by atoms with E-state index in [1.165, 1.54) is 13.1 Å². The van der Waals surface area contributed by atoms with Crippen LogP contribution < -0.4 is 9.44 Å². The number of anilines is 2. The number of rotatable bonds is 6. The lowest BCUT2D eigenvalue weighted by Gasteiger charge is -2.12. The van der Waals surface area contributed by atoms with Crippen LogP contribution in [0.2, 0.25) is 0 Å². The first-order valence-electron chi connectivity index (χ1n) is 7.17. The molecule has 0 aliphatic heterocycles. The fraction of sp³-hybridized carbons (Fsp3) is 0.286. The van der Waals surface area contributed by atoms with Crippen LogP contribution in [0.3, 0.4) is 0 Å². The van der Waals surface area contributed by atoms with Crippen LogP contribution in [0.4, 0.5) is 15.8 Å². The standard InChI is InChI=1S/C14H17FN4O4S2/c1-4-24(20,21)18-13-6-5-11(7-12(13)15)25(22,23)19-14-8-16-10(3)17-9(14)2/h5-8,18-19H,4H2,1-3H3. The number of aryl methyl sites for hydroxylation is 2. The van der Waals surface area contributed by atoms with Crippen molar-refractivity contribution in [3.8, 4) is 0 Å². The Hall–Kier alpha value is -2.27. The fourth-order valence-electron chi connectivity index (χ4n) is 1.87. The third kappa shape index (κ3) is 4.63. The first kappa shape index (κ1) is 19.1. The number of nitrogens with zero attached hydrogens (tertiary/aromatic N) is 2. The summed E-state index contributed by atoms with van der Waals surface area (Å²) < 4.78 is 66.1. The molecular weight excluding hydrogens is 371 g/mol. The highest BCUT2D eigenvalue weighted by Gasteiger charge is 2.19. The van der Waals surface area contributed by atoms with Crippen molar-refractivity contribution in [2.24, 2.45) is 0 Å². The van der Waals surface area contributed by atoms with Crippen LogP contribution in [0.25, 0.3) is 0 Å². The number of benzene rings is 1. The van der Waals surface area contributed by atoms with E-state index in [-0.39, 0.29) is 22.0 Å². The summed E-state index contributed by atoms with van der Waals surface area (Å²) in [6.07, 6.45) is 1.31. The summed E-state index contributed by atoms with van der Waals surface area (Å²) in [7, 11) is -7.76. The van der Waals surface area contributed by atoms with Gasteiger partial charge < -0.3 is 0 Å². The summed E-state index contributed by atoms with van der Waals surface area (Å²) in [6, 6.07) is 2.89. The van der Waals surface area contributed by atoms with Crippen molar-refractivity contribution >= 4 is 31.4 Å². The normalized spacial score (nSPS) is 12.0. The van der Waals surface area contributed by atoms with Crippen molar-refractivity contribution < 1.29 is 21.2 Å². The molecule has 0 radical (unpaired) electrons. The van der Waals surface area contributed by atoms with Crippen LogP contribution in [-0.2, 0) is 20.0 Å². The molecule has 0 atom stereocenters. The molecule has 0 spiro atoms. The van der Waals surface area contributed by atoms with Crippen molar-refractivity contribution in [2.45, 2.75) is 25.7 Å². The Bertz CT molecular complexity index is 1010. The molecular formula is C14H17FN4O4S2. The smallest absolute Gasteiger partial charge is 0.262 e. The van der Waals surface area contributed by atoms with Crippen molar-refractivity contribution in [1.29, 1.82) is 0 Å². The SMILES string of the molecule is CCS(=O)(=O)Nc1ccc(S(=O)(=O)Nc2cnc(C)nc2C)cc1F. The van der Waals surface area contributed by atoms with E-state index in [1.807, 2.05) is 4.72 Å². The van der Waals surface area contributed by atoms with Gasteiger partial charge in [0, 0.05) is 0 Å². The molecule has 2 N–H and O–H groups in total. The average Bonchev–Trinajstić information content (AvgIpc) is 2.52. The molecule has 1 aromatic heterocycles. The quantitative estimate of drug-likeness (QED) is 0.779. The van der Waals surface area contributed by atoms with Gasteiger partial charge in [0.05, 0.1) is 33.9 Å². The topological polar surface area (TPSA) is 118 Å². The molecule has 0 fully saturated rings. The zero-order chi connectivity index (χ0) is 18.8. The molecule has 0 unspecified atom stereocenters. The molecule has 0 bridgehead atoms. The second-order valence-corrected chi connectivity index (χ2v) is 8.86. The average molecular weight is 388 g/mol. The van der Waals surface area contributed by atoms with Gasteiger partial charge in [-0.2, -0.15) is 0 Å². The molecule has 2 aromatic rings. The van der Waals surface area contributed by atoms with E-state index in [0.717, 1.165) is 18.2 Å². The maximum absolute atomic E-state index is 14.1. The highest BCUT2D eigenvalue weighted by molar-refractivity contribution is 7.93. The van der Waals surface area contributed by atoms with Crippen molar-refractivity contribution in [3.05, 3.63) is 41.7 Å². The Morgan fingerprint density at radius 1 is 1.08 bits per heavy atom. The number of hydrogen-bond donors (Lipinski definition) is 2. The maximum Gasteiger partial charge on any atom is 0.262 e. The van der Waals surface area contributed by atoms with Gasteiger partial charge in [0.15, 0.2) is 0 Å². The molecule has 0 amide bonds. The number of halogens is 1.